The van der Waals surface area contributed by atoms with Crippen molar-refractivity contribution in [2.24, 2.45) is 0 Å². The third-order valence-electron chi connectivity index (χ3n) is 6.51. The van der Waals surface area contributed by atoms with Crippen LogP contribution in [-0.4, -0.2) is 56.2 Å². The third kappa shape index (κ3) is 4.70. The Labute approximate surface area is 198 Å². The molecule has 0 radical (unpaired) electrons. The average molecular weight is 470 g/mol. The van der Waals surface area contributed by atoms with Crippen molar-refractivity contribution >= 4 is 45.8 Å². The maximum Gasteiger partial charge on any atom is 0.356 e. The van der Waals surface area contributed by atoms with Crippen LogP contribution in [0.4, 0.5) is 11.4 Å². The van der Waals surface area contributed by atoms with Crippen molar-refractivity contribution in [3.8, 4) is 0 Å². The smallest absolute Gasteiger partial charge is 0.356 e. The molecule has 2 heterocycles. The van der Waals surface area contributed by atoms with Crippen LogP contribution < -0.4 is 15.1 Å². The zero-order chi connectivity index (χ0) is 23.7. The van der Waals surface area contributed by atoms with Gasteiger partial charge in [-0.05, 0) is 50.6 Å². The number of hydrogen-bond acceptors (Lipinski definition) is 4. The predicted octanol–water partition coefficient (Wildman–Crippen LogP) is 2.96. The summed E-state index contributed by atoms with van der Waals surface area (Å²) in [7, 11) is 1.33. The number of fused-ring (bicyclic) bond motifs is 1. The molecule has 1 aliphatic rings. The van der Waals surface area contributed by atoms with E-state index in [9.17, 15) is 9.59 Å². The molecule has 0 unspecified atom stereocenters. The average Bonchev–Trinajstić information content (AvgIpc) is 3.17. The van der Waals surface area contributed by atoms with Gasteiger partial charge in [0.05, 0.1) is 39.0 Å². The number of amides is 1. The van der Waals surface area contributed by atoms with Crippen molar-refractivity contribution in [3.63, 3.8) is 0 Å². The summed E-state index contributed by atoms with van der Waals surface area (Å²) < 4.78 is 4.93. The summed E-state index contributed by atoms with van der Waals surface area (Å²) in [6.07, 6.45) is 0. The molecule has 8 heteroatoms. The van der Waals surface area contributed by atoms with Crippen LogP contribution in [0.5, 0.6) is 0 Å². The van der Waals surface area contributed by atoms with E-state index in [4.69, 9.17) is 16.3 Å². The number of esters is 1. The number of benzene rings is 2. The van der Waals surface area contributed by atoms with Crippen LogP contribution in [0.25, 0.3) is 10.9 Å². The molecule has 33 heavy (non-hydrogen) atoms. The van der Waals surface area contributed by atoms with Crippen LogP contribution in [0, 0.1) is 13.8 Å². The Bertz CT molecular complexity index is 1200. The molecule has 174 valence electrons. The first-order valence-corrected chi connectivity index (χ1v) is 11.5. The fourth-order valence-corrected chi connectivity index (χ4v) is 4.67. The molecule has 3 N–H and O–H groups in total. The summed E-state index contributed by atoms with van der Waals surface area (Å²) in [6, 6.07) is 11.5. The minimum atomic E-state index is -0.510. The van der Waals surface area contributed by atoms with E-state index in [1.165, 1.54) is 17.6 Å². The highest BCUT2D eigenvalue weighted by Gasteiger charge is 2.31. The molecule has 0 aliphatic carbocycles. The van der Waals surface area contributed by atoms with Crippen LogP contribution in [0.3, 0.4) is 0 Å². The maximum absolute atomic E-state index is 13.2. The van der Waals surface area contributed by atoms with E-state index in [1.54, 1.807) is 0 Å². The number of ether oxygens (including phenoxy) is 1. The van der Waals surface area contributed by atoms with E-state index in [2.05, 4.69) is 22.1 Å². The minimum Gasteiger partial charge on any atom is -0.464 e. The van der Waals surface area contributed by atoms with Gasteiger partial charge < -0.3 is 24.8 Å². The first kappa shape index (κ1) is 23.1. The van der Waals surface area contributed by atoms with E-state index in [0.717, 1.165) is 53.4 Å². The normalized spacial score (nSPS) is 15.5. The third-order valence-corrected chi connectivity index (χ3v) is 6.75. The summed E-state index contributed by atoms with van der Waals surface area (Å²) in [5, 5.41) is 4.54. The quantitative estimate of drug-likeness (QED) is 0.502. The van der Waals surface area contributed by atoms with Crippen LogP contribution in [0.1, 0.15) is 28.5 Å². The van der Waals surface area contributed by atoms with Gasteiger partial charge in [0.2, 0.25) is 0 Å². The lowest BCUT2D eigenvalue weighted by atomic mass is 10.1. The Kier molecular flexibility index (Phi) is 6.63. The van der Waals surface area contributed by atoms with Gasteiger partial charge in [0.15, 0.2) is 6.04 Å². The summed E-state index contributed by atoms with van der Waals surface area (Å²) >= 11 is 6.20. The second kappa shape index (κ2) is 9.45. The second-order valence-corrected chi connectivity index (χ2v) is 9.14. The number of rotatable bonds is 5. The van der Waals surface area contributed by atoms with Gasteiger partial charge in [-0.2, -0.15) is 0 Å². The number of methoxy groups -OCH3 is 1. The number of H-pyrrole nitrogens is 1. The van der Waals surface area contributed by atoms with Crippen LogP contribution in [-0.2, 0) is 9.53 Å². The van der Waals surface area contributed by atoms with Crippen molar-refractivity contribution in [3.05, 3.63) is 58.2 Å². The molecular formula is C25H30ClN4O3+. The van der Waals surface area contributed by atoms with Crippen LogP contribution >= 0.6 is 11.6 Å². The van der Waals surface area contributed by atoms with Crippen molar-refractivity contribution in [1.29, 1.82) is 0 Å². The van der Waals surface area contributed by atoms with Crippen molar-refractivity contribution in [2.45, 2.75) is 26.8 Å². The summed E-state index contributed by atoms with van der Waals surface area (Å²) in [4.78, 5) is 32.2. The number of aromatic amines is 1. The predicted molar refractivity (Wildman–Crippen MR) is 132 cm³/mol. The molecule has 1 amide bonds. The number of carbonyl (C=O) groups excluding carboxylic acids is 2. The van der Waals surface area contributed by atoms with E-state index >= 15 is 0 Å². The van der Waals surface area contributed by atoms with Gasteiger partial charge in [-0.3, -0.25) is 4.79 Å². The highest BCUT2D eigenvalue weighted by Crippen LogP contribution is 2.29. The molecule has 1 atom stereocenters. The van der Waals surface area contributed by atoms with Crippen LogP contribution in [0.2, 0.25) is 5.02 Å². The topological polar surface area (TPSA) is 78.9 Å². The van der Waals surface area contributed by atoms with Crippen molar-refractivity contribution in [2.75, 3.05) is 43.5 Å². The summed E-state index contributed by atoms with van der Waals surface area (Å²) in [5.41, 5.74) is 4.90. The molecule has 7 nitrogen and oxygen atoms in total. The highest BCUT2D eigenvalue weighted by atomic mass is 35.5. The largest absolute Gasteiger partial charge is 0.464 e. The van der Waals surface area contributed by atoms with Gasteiger partial charge in [0.1, 0.15) is 5.69 Å². The van der Waals surface area contributed by atoms with E-state index < -0.39 is 5.97 Å². The SMILES string of the molecule is COC(=O)c1[nH]c2ccc(C)cc2c1NC(=O)[C@@H](C)[NH+]1CCN(c2cc(Cl)ccc2C)CC1. The molecule has 0 saturated carbocycles. The molecule has 1 aromatic heterocycles. The summed E-state index contributed by atoms with van der Waals surface area (Å²) in [6.45, 7) is 9.34. The highest BCUT2D eigenvalue weighted by molar-refractivity contribution is 6.30. The fourth-order valence-electron chi connectivity index (χ4n) is 4.50. The molecule has 1 aliphatic heterocycles. The molecular weight excluding hydrogens is 440 g/mol. The molecule has 4 rings (SSSR count). The van der Waals surface area contributed by atoms with Crippen molar-refractivity contribution < 1.29 is 19.2 Å². The zero-order valence-electron chi connectivity index (χ0n) is 19.4. The fraction of sp³-hybridized carbons (Fsp3) is 0.360. The number of aryl methyl sites for hydroxylation is 2. The lowest BCUT2D eigenvalue weighted by Crippen LogP contribution is -3.19. The summed E-state index contributed by atoms with van der Waals surface area (Å²) in [5.74, 6) is -0.630. The van der Waals surface area contributed by atoms with Gasteiger partial charge in [0.25, 0.3) is 5.91 Å². The number of nitrogens with one attached hydrogen (secondary N) is 3. The van der Waals surface area contributed by atoms with Gasteiger partial charge in [-0.1, -0.05) is 29.3 Å². The van der Waals surface area contributed by atoms with Crippen LogP contribution in [0.15, 0.2) is 36.4 Å². The van der Waals surface area contributed by atoms with Gasteiger partial charge in [0, 0.05) is 21.6 Å². The molecule has 1 fully saturated rings. The number of nitrogens with zero attached hydrogens (tertiary/aromatic N) is 1. The Balaban J connectivity index is 1.48. The minimum absolute atomic E-state index is 0.120. The first-order valence-electron chi connectivity index (χ1n) is 11.2. The Morgan fingerprint density at radius 2 is 1.88 bits per heavy atom. The number of halogens is 1. The number of hydrogen-bond donors (Lipinski definition) is 3. The Hall–Kier alpha value is -3.03. The Morgan fingerprint density at radius 3 is 2.58 bits per heavy atom. The van der Waals surface area contributed by atoms with E-state index in [1.807, 2.05) is 50.2 Å². The van der Waals surface area contributed by atoms with E-state index in [-0.39, 0.29) is 17.6 Å². The zero-order valence-corrected chi connectivity index (χ0v) is 20.2. The lowest BCUT2D eigenvalue weighted by molar-refractivity contribution is -0.914. The van der Waals surface area contributed by atoms with Gasteiger partial charge >= 0.3 is 5.97 Å². The second-order valence-electron chi connectivity index (χ2n) is 8.70. The molecule has 3 aromatic rings. The monoisotopic (exact) mass is 469 g/mol. The van der Waals surface area contributed by atoms with Gasteiger partial charge in [-0.15, -0.1) is 0 Å². The van der Waals surface area contributed by atoms with E-state index in [0.29, 0.717) is 5.69 Å². The number of aromatic nitrogens is 1. The Morgan fingerprint density at radius 1 is 1.15 bits per heavy atom. The first-order chi connectivity index (χ1) is 15.8. The molecule has 2 aromatic carbocycles. The number of quaternary nitrogens is 1. The molecule has 0 spiro atoms. The molecule has 1 saturated heterocycles. The number of anilines is 2. The standard InChI is InChI=1S/C25H29ClN4O3/c1-15-5-8-20-19(13-15)22(23(27-20)25(32)33-4)28-24(31)17(3)29-9-11-30(12-10-29)21-14-18(26)7-6-16(21)2/h5-8,13-14,17,27H,9-12H2,1-4H3,(H,28,31)/p+1/t17-/m1/s1. The number of piperazine rings is 1. The maximum atomic E-state index is 13.2. The van der Waals surface area contributed by atoms with Gasteiger partial charge in [-0.25, -0.2) is 4.79 Å². The lowest BCUT2D eigenvalue weighted by Gasteiger charge is -2.36. The number of carbonyl (C=O) groups is 2. The van der Waals surface area contributed by atoms with Crippen molar-refractivity contribution in [1.82, 2.24) is 4.98 Å². The molecule has 0 bridgehead atoms.